The Bertz CT molecular complexity index is 914. The van der Waals surface area contributed by atoms with Gasteiger partial charge in [-0.3, -0.25) is 0 Å². The summed E-state index contributed by atoms with van der Waals surface area (Å²) in [5, 5.41) is 14.0. The van der Waals surface area contributed by atoms with Crippen LogP contribution < -0.4 is 0 Å². The quantitative estimate of drug-likeness (QED) is 0.213. The lowest BCUT2D eigenvalue weighted by Crippen LogP contribution is -2.56. The van der Waals surface area contributed by atoms with Crippen LogP contribution >= 0.6 is 0 Å². The number of allylic oxidation sites excluding steroid dienone is 2. The lowest BCUT2D eigenvalue weighted by atomic mass is 9.62. The lowest BCUT2D eigenvalue weighted by molar-refractivity contribution is 0.0528. The summed E-state index contributed by atoms with van der Waals surface area (Å²) < 4.78 is 28.5. The van der Waals surface area contributed by atoms with Crippen LogP contribution in [0.5, 0.6) is 0 Å². The smallest absolute Gasteiger partial charge is 0.213 e. The summed E-state index contributed by atoms with van der Waals surface area (Å²) in [6.07, 6.45) is 9.34. The fraction of sp³-hybridized carbons (Fsp3) is 0.640. The molecule has 33 heavy (non-hydrogen) atoms. The van der Waals surface area contributed by atoms with Gasteiger partial charge in [0.1, 0.15) is 6.61 Å². The summed E-state index contributed by atoms with van der Waals surface area (Å²) in [5.41, 5.74) is 0.594. The highest BCUT2D eigenvalue weighted by molar-refractivity contribution is 7.89. The highest BCUT2D eigenvalue weighted by Crippen LogP contribution is 2.47. The Morgan fingerprint density at radius 2 is 1.94 bits per heavy atom. The Hall–Kier alpha value is -1.48. The fourth-order valence-corrected chi connectivity index (χ4v) is 9.62. The van der Waals surface area contributed by atoms with Crippen molar-refractivity contribution >= 4 is 24.3 Å². The van der Waals surface area contributed by atoms with Crippen LogP contribution in [0.15, 0.2) is 47.6 Å². The van der Waals surface area contributed by atoms with Gasteiger partial charge in [0, 0.05) is 33.2 Å². The molecular formula is C25H40N2O4SSi. The van der Waals surface area contributed by atoms with Crippen LogP contribution in [0.25, 0.3) is 0 Å². The molecule has 1 heterocycles. The van der Waals surface area contributed by atoms with Crippen molar-refractivity contribution in [1.29, 1.82) is 0 Å². The molecule has 0 radical (unpaired) electrons. The Morgan fingerprint density at radius 1 is 1.21 bits per heavy atom. The van der Waals surface area contributed by atoms with Gasteiger partial charge in [-0.25, -0.2) is 12.7 Å². The number of nitrogens with zero attached hydrogens (tertiary/aromatic N) is 2. The molecule has 6 nitrogen and oxygen atoms in total. The predicted molar refractivity (Wildman–Crippen MR) is 137 cm³/mol. The van der Waals surface area contributed by atoms with E-state index in [1.54, 1.807) is 4.31 Å². The van der Waals surface area contributed by atoms with Crippen LogP contribution in [0.2, 0.25) is 25.7 Å². The molecule has 0 spiro atoms. The molecule has 3 atom stereocenters. The first-order chi connectivity index (χ1) is 15.7. The third-order valence-electron chi connectivity index (χ3n) is 6.97. The maximum Gasteiger partial charge on any atom is 0.213 e. The van der Waals surface area contributed by atoms with E-state index in [1.165, 1.54) is 0 Å². The van der Waals surface area contributed by atoms with Gasteiger partial charge in [-0.15, -0.1) is 0 Å². The van der Waals surface area contributed by atoms with Gasteiger partial charge in [-0.05, 0) is 49.1 Å². The molecular weight excluding hydrogens is 452 g/mol. The molecule has 1 saturated heterocycles. The van der Waals surface area contributed by atoms with Crippen molar-refractivity contribution in [2.24, 2.45) is 22.4 Å². The molecule has 1 aliphatic heterocycles. The first-order valence-electron chi connectivity index (χ1n) is 12.1. The number of hydrogen-bond donors (Lipinski definition) is 1. The van der Waals surface area contributed by atoms with Crippen molar-refractivity contribution in [3.63, 3.8) is 0 Å². The summed E-state index contributed by atoms with van der Waals surface area (Å²) >= 11 is 0. The van der Waals surface area contributed by atoms with Gasteiger partial charge in [0.2, 0.25) is 10.0 Å². The lowest BCUT2D eigenvalue weighted by Gasteiger charge is -2.50. The van der Waals surface area contributed by atoms with Crippen molar-refractivity contribution in [1.82, 2.24) is 4.31 Å². The largest absolute Gasteiger partial charge is 0.396 e. The van der Waals surface area contributed by atoms with E-state index in [0.29, 0.717) is 38.5 Å². The molecule has 1 aromatic rings. The number of rotatable bonds is 11. The van der Waals surface area contributed by atoms with Crippen molar-refractivity contribution in [3.8, 4) is 0 Å². The Balaban J connectivity index is 1.84. The number of hydrogen-bond acceptors (Lipinski definition) is 5. The van der Waals surface area contributed by atoms with E-state index >= 15 is 0 Å². The van der Waals surface area contributed by atoms with Crippen LogP contribution in [0.4, 0.5) is 0 Å². The zero-order valence-corrected chi connectivity index (χ0v) is 22.1. The molecule has 2 aliphatic rings. The molecule has 8 heteroatoms. The van der Waals surface area contributed by atoms with Crippen LogP contribution in [0.1, 0.15) is 31.2 Å². The van der Waals surface area contributed by atoms with Crippen LogP contribution in [-0.2, 0) is 21.5 Å². The van der Waals surface area contributed by atoms with Gasteiger partial charge in [0.15, 0.2) is 0 Å². The first kappa shape index (κ1) is 26.1. The van der Waals surface area contributed by atoms with Gasteiger partial charge >= 0.3 is 0 Å². The van der Waals surface area contributed by atoms with E-state index in [4.69, 9.17) is 4.84 Å². The molecule has 0 aromatic heterocycles. The van der Waals surface area contributed by atoms with Crippen LogP contribution in [0, 0.1) is 17.3 Å². The molecule has 0 unspecified atom stereocenters. The molecule has 0 saturated carbocycles. The maximum atomic E-state index is 13.4. The number of piperidine rings is 1. The number of fused-ring (bicyclic) bond motifs is 1. The molecule has 3 rings (SSSR count). The fourth-order valence-electron chi connectivity index (χ4n) is 5.03. The van der Waals surface area contributed by atoms with Crippen molar-refractivity contribution < 1.29 is 18.4 Å². The number of aliphatic hydroxyl groups excluding tert-OH is 1. The molecule has 1 aromatic carbocycles. The zero-order chi connectivity index (χ0) is 24.0. The SMILES string of the molecule is C[Si](C)(C)CCS(=O)(=O)N1C[C@H]2CC=CC[C@H]2[C@](/C=N/OCc2ccccc2)(CCCO)C1. The highest BCUT2D eigenvalue weighted by Gasteiger charge is 2.49. The van der Waals surface area contributed by atoms with Crippen molar-refractivity contribution in [2.45, 2.75) is 58.0 Å². The van der Waals surface area contributed by atoms with E-state index in [0.717, 1.165) is 24.4 Å². The second-order valence-corrected chi connectivity index (χ2v) is 18.5. The molecule has 1 N–H and O–H groups in total. The summed E-state index contributed by atoms with van der Waals surface area (Å²) in [4.78, 5) is 5.65. The van der Waals surface area contributed by atoms with Gasteiger partial charge < -0.3 is 9.94 Å². The minimum Gasteiger partial charge on any atom is -0.396 e. The second kappa shape index (κ2) is 11.3. The van der Waals surface area contributed by atoms with E-state index in [1.807, 2.05) is 36.5 Å². The Kier molecular flexibility index (Phi) is 8.94. The van der Waals surface area contributed by atoms with Gasteiger partial charge in [-0.1, -0.05) is 67.3 Å². The number of sulfonamides is 1. The number of benzene rings is 1. The highest BCUT2D eigenvalue weighted by atomic mass is 32.2. The molecule has 0 bridgehead atoms. The minimum absolute atomic E-state index is 0.0794. The van der Waals surface area contributed by atoms with Crippen LogP contribution in [-0.4, -0.2) is 57.6 Å². The molecule has 184 valence electrons. The van der Waals surface area contributed by atoms with E-state index in [2.05, 4.69) is 36.9 Å². The standard InChI is InChI=1S/C25H40N2O4SSi/c1-33(2,3)17-16-32(29,30)27-18-23-12-7-8-13-24(23)25(21-27,14-9-15-28)20-26-31-19-22-10-5-4-6-11-22/h4-8,10-11,20,23-24,28H,9,12-19,21H2,1-3H3/b26-20+/t23-,24-,25+/m1/s1. The Morgan fingerprint density at radius 3 is 2.64 bits per heavy atom. The number of aliphatic hydroxyl groups is 1. The number of oxime groups is 1. The van der Waals surface area contributed by atoms with E-state index < -0.39 is 23.5 Å². The zero-order valence-electron chi connectivity index (χ0n) is 20.3. The Labute approximate surface area is 200 Å². The minimum atomic E-state index is -3.36. The summed E-state index contributed by atoms with van der Waals surface area (Å²) in [6, 6.07) is 10.6. The summed E-state index contributed by atoms with van der Waals surface area (Å²) in [7, 11) is -4.83. The summed E-state index contributed by atoms with van der Waals surface area (Å²) in [6.45, 7) is 8.07. The second-order valence-electron chi connectivity index (χ2n) is 10.8. The van der Waals surface area contributed by atoms with Crippen molar-refractivity contribution in [2.75, 3.05) is 25.4 Å². The third kappa shape index (κ3) is 7.25. The third-order valence-corrected chi connectivity index (χ3v) is 10.9. The van der Waals surface area contributed by atoms with Gasteiger partial charge in [0.05, 0.1) is 12.0 Å². The van der Waals surface area contributed by atoms with E-state index in [-0.39, 0.29) is 18.3 Å². The van der Waals surface area contributed by atoms with Gasteiger partial charge in [-0.2, -0.15) is 0 Å². The molecule has 1 fully saturated rings. The maximum absolute atomic E-state index is 13.4. The average Bonchev–Trinajstić information content (AvgIpc) is 2.79. The normalized spacial score (nSPS) is 26.4. The molecule has 1 aliphatic carbocycles. The predicted octanol–water partition coefficient (Wildman–Crippen LogP) is 4.51. The monoisotopic (exact) mass is 492 g/mol. The first-order valence-corrected chi connectivity index (χ1v) is 17.4. The van der Waals surface area contributed by atoms with E-state index in [9.17, 15) is 13.5 Å². The summed E-state index contributed by atoms with van der Waals surface area (Å²) in [5.74, 6) is 0.763. The van der Waals surface area contributed by atoms with Gasteiger partial charge in [0.25, 0.3) is 0 Å². The topological polar surface area (TPSA) is 79.2 Å². The van der Waals surface area contributed by atoms with Crippen LogP contribution in [0.3, 0.4) is 0 Å². The van der Waals surface area contributed by atoms with Crippen molar-refractivity contribution in [3.05, 3.63) is 48.0 Å². The molecule has 0 amide bonds. The average molecular weight is 493 g/mol.